The zero-order valence-electron chi connectivity index (χ0n) is 8.92. The molecule has 1 unspecified atom stereocenters. The fourth-order valence-corrected chi connectivity index (χ4v) is 1.27. The van der Waals surface area contributed by atoms with Crippen LogP contribution in [0.3, 0.4) is 0 Å². The number of nitrogens with one attached hydrogen (secondary N) is 1. The molecule has 0 aliphatic carbocycles. The first-order chi connectivity index (χ1) is 7.15. The van der Waals surface area contributed by atoms with Crippen LogP contribution in [-0.2, 0) is 0 Å². The average Bonchev–Trinajstić information content (AvgIpc) is 2.64. The van der Waals surface area contributed by atoms with Crippen LogP contribution in [0.25, 0.3) is 0 Å². The van der Waals surface area contributed by atoms with Crippen LogP contribution < -0.4 is 5.32 Å². The Hall–Kier alpha value is -1.03. The number of aromatic nitrogens is 1. The molecule has 0 aromatic carbocycles. The number of nitrogens with zero attached hydrogens (tertiary/aromatic N) is 1. The highest BCUT2D eigenvalue weighted by molar-refractivity contribution is 6.20. The van der Waals surface area contributed by atoms with E-state index in [1.165, 1.54) is 6.20 Å². The van der Waals surface area contributed by atoms with Crippen molar-refractivity contribution in [2.24, 2.45) is 0 Å². The van der Waals surface area contributed by atoms with Gasteiger partial charge in [0.1, 0.15) is 11.3 Å². The van der Waals surface area contributed by atoms with Gasteiger partial charge < -0.3 is 9.84 Å². The first-order valence-electron chi connectivity index (χ1n) is 4.98. The molecule has 0 bridgehead atoms. The van der Waals surface area contributed by atoms with Crippen LogP contribution in [0, 0.1) is 6.92 Å². The summed E-state index contributed by atoms with van der Waals surface area (Å²) in [6.07, 6.45) is 3.10. The van der Waals surface area contributed by atoms with Gasteiger partial charge in [-0.3, -0.25) is 4.79 Å². The number of hydrogen-bond donors (Lipinski definition) is 1. The molecule has 0 saturated carbocycles. The van der Waals surface area contributed by atoms with Crippen molar-refractivity contribution >= 4 is 17.5 Å². The number of rotatable bonds is 5. The van der Waals surface area contributed by atoms with Gasteiger partial charge in [0.05, 0.1) is 6.20 Å². The molecule has 4 nitrogen and oxygen atoms in total. The number of alkyl halides is 1. The lowest BCUT2D eigenvalue weighted by Crippen LogP contribution is -2.26. The molecule has 0 aliphatic rings. The highest BCUT2D eigenvalue weighted by atomic mass is 35.5. The Kier molecular flexibility index (Phi) is 4.62. The third-order valence-electron chi connectivity index (χ3n) is 2.18. The standard InChI is InChI=1S/C10H15ClN2O2/c1-3-8(11)4-5-12-10(14)9-6-13-15-7(9)2/h6,8H,3-5H2,1-2H3,(H,12,14). The zero-order chi connectivity index (χ0) is 11.3. The van der Waals surface area contributed by atoms with Gasteiger partial charge in [-0.05, 0) is 19.8 Å². The monoisotopic (exact) mass is 230 g/mol. The van der Waals surface area contributed by atoms with E-state index in [1.807, 2.05) is 6.92 Å². The normalized spacial score (nSPS) is 12.5. The summed E-state index contributed by atoms with van der Waals surface area (Å²) >= 11 is 5.92. The Bertz CT molecular complexity index is 325. The van der Waals surface area contributed by atoms with Crippen LogP contribution in [0.4, 0.5) is 0 Å². The van der Waals surface area contributed by atoms with Crippen LogP contribution in [0.2, 0.25) is 0 Å². The highest BCUT2D eigenvalue weighted by Gasteiger charge is 2.12. The molecule has 1 heterocycles. The molecule has 1 rings (SSSR count). The third kappa shape index (κ3) is 3.55. The Balaban J connectivity index is 2.34. The number of hydrogen-bond acceptors (Lipinski definition) is 3. The third-order valence-corrected chi connectivity index (χ3v) is 2.71. The highest BCUT2D eigenvalue weighted by Crippen LogP contribution is 2.07. The van der Waals surface area contributed by atoms with E-state index >= 15 is 0 Å². The second-order valence-electron chi connectivity index (χ2n) is 3.35. The minimum Gasteiger partial charge on any atom is -0.361 e. The van der Waals surface area contributed by atoms with E-state index in [0.717, 1.165) is 12.8 Å². The molecule has 0 radical (unpaired) electrons. The Morgan fingerprint density at radius 3 is 3.00 bits per heavy atom. The van der Waals surface area contributed by atoms with Crippen molar-refractivity contribution in [3.8, 4) is 0 Å². The van der Waals surface area contributed by atoms with Gasteiger partial charge in [-0.1, -0.05) is 12.1 Å². The molecule has 1 aromatic rings. The molecule has 1 amide bonds. The van der Waals surface area contributed by atoms with Gasteiger partial charge in [0.15, 0.2) is 0 Å². The number of carbonyl (C=O) groups is 1. The quantitative estimate of drug-likeness (QED) is 0.789. The minimum atomic E-state index is -0.159. The first-order valence-corrected chi connectivity index (χ1v) is 5.42. The van der Waals surface area contributed by atoms with Crippen LogP contribution in [0.5, 0.6) is 0 Å². The van der Waals surface area contributed by atoms with Gasteiger partial charge >= 0.3 is 0 Å². The van der Waals surface area contributed by atoms with Crippen molar-refractivity contribution in [1.29, 1.82) is 0 Å². The molecular formula is C10H15ClN2O2. The SMILES string of the molecule is CCC(Cl)CCNC(=O)c1cnoc1C. The molecule has 15 heavy (non-hydrogen) atoms. The fourth-order valence-electron chi connectivity index (χ4n) is 1.16. The van der Waals surface area contributed by atoms with Crippen LogP contribution >= 0.6 is 11.6 Å². The van der Waals surface area contributed by atoms with Gasteiger partial charge in [-0.25, -0.2) is 0 Å². The molecule has 84 valence electrons. The van der Waals surface area contributed by atoms with Crippen molar-refractivity contribution < 1.29 is 9.32 Å². The summed E-state index contributed by atoms with van der Waals surface area (Å²) < 4.78 is 4.80. The number of halogens is 1. The maximum absolute atomic E-state index is 11.5. The van der Waals surface area contributed by atoms with Gasteiger partial charge in [-0.2, -0.15) is 0 Å². The number of aryl methyl sites for hydroxylation is 1. The maximum Gasteiger partial charge on any atom is 0.256 e. The van der Waals surface area contributed by atoms with E-state index < -0.39 is 0 Å². The molecule has 0 saturated heterocycles. The van der Waals surface area contributed by atoms with E-state index in [9.17, 15) is 4.79 Å². The summed E-state index contributed by atoms with van der Waals surface area (Å²) in [7, 11) is 0. The second-order valence-corrected chi connectivity index (χ2v) is 3.96. The Labute approximate surface area is 94.0 Å². The smallest absolute Gasteiger partial charge is 0.256 e. The number of carbonyl (C=O) groups excluding carboxylic acids is 1. The molecular weight excluding hydrogens is 216 g/mol. The maximum atomic E-state index is 11.5. The summed E-state index contributed by atoms with van der Waals surface area (Å²) in [6.45, 7) is 4.30. The van der Waals surface area contributed by atoms with Gasteiger partial charge in [0.2, 0.25) is 0 Å². The average molecular weight is 231 g/mol. The van der Waals surface area contributed by atoms with Gasteiger partial charge in [0.25, 0.3) is 5.91 Å². The lowest BCUT2D eigenvalue weighted by Gasteiger charge is -2.06. The summed E-state index contributed by atoms with van der Waals surface area (Å²) in [5.74, 6) is 0.374. The molecule has 1 atom stereocenters. The van der Waals surface area contributed by atoms with Crippen molar-refractivity contribution in [1.82, 2.24) is 10.5 Å². The van der Waals surface area contributed by atoms with Gasteiger partial charge in [-0.15, -0.1) is 11.6 Å². The van der Waals surface area contributed by atoms with Crippen molar-refractivity contribution in [3.63, 3.8) is 0 Å². The van der Waals surface area contributed by atoms with E-state index in [1.54, 1.807) is 6.92 Å². The topological polar surface area (TPSA) is 55.1 Å². The van der Waals surface area contributed by atoms with E-state index in [2.05, 4.69) is 10.5 Å². The van der Waals surface area contributed by atoms with Crippen molar-refractivity contribution in [2.45, 2.75) is 32.1 Å². The molecule has 1 N–H and O–H groups in total. The molecule has 0 aliphatic heterocycles. The van der Waals surface area contributed by atoms with Crippen molar-refractivity contribution in [3.05, 3.63) is 17.5 Å². The first kappa shape index (κ1) is 12.0. The Morgan fingerprint density at radius 1 is 1.73 bits per heavy atom. The molecule has 1 aromatic heterocycles. The number of amides is 1. The van der Waals surface area contributed by atoms with E-state index in [-0.39, 0.29) is 11.3 Å². The molecule has 0 fully saturated rings. The minimum absolute atomic E-state index is 0.119. The van der Waals surface area contributed by atoms with Crippen LogP contribution in [0.15, 0.2) is 10.7 Å². The van der Waals surface area contributed by atoms with Crippen molar-refractivity contribution in [2.75, 3.05) is 6.54 Å². The molecule has 0 spiro atoms. The predicted molar refractivity (Wildman–Crippen MR) is 58.1 cm³/mol. The second kappa shape index (κ2) is 5.75. The zero-order valence-corrected chi connectivity index (χ0v) is 9.67. The summed E-state index contributed by atoms with van der Waals surface area (Å²) in [4.78, 5) is 11.5. The largest absolute Gasteiger partial charge is 0.361 e. The Morgan fingerprint density at radius 2 is 2.47 bits per heavy atom. The van der Waals surface area contributed by atoms with Crippen LogP contribution in [0.1, 0.15) is 35.9 Å². The lowest BCUT2D eigenvalue weighted by atomic mass is 10.2. The van der Waals surface area contributed by atoms with Gasteiger partial charge in [0, 0.05) is 11.9 Å². The predicted octanol–water partition coefficient (Wildman–Crippen LogP) is 2.12. The summed E-state index contributed by atoms with van der Waals surface area (Å²) in [5.41, 5.74) is 0.484. The van der Waals surface area contributed by atoms with Crippen LogP contribution in [-0.4, -0.2) is 23.0 Å². The summed E-state index contributed by atoms with van der Waals surface area (Å²) in [5, 5.41) is 6.43. The summed E-state index contributed by atoms with van der Waals surface area (Å²) in [6, 6.07) is 0. The molecule has 5 heteroatoms. The lowest BCUT2D eigenvalue weighted by molar-refractivity contribution is 0.0951. The fraction of sp³-hybridized carbons (Fsp3) is 0.600. The van der Waals surface area contributed by atoms with E-state index in [4.69, 9.17) is 16.1 Å². The van der Waals surface area contributed by atoms with E-state index in [0.29, 0.717) is 17.9 Å².